The lowest BCUT2D eigenvalue weighted by Gasteiger charge is -2.23. The Bertz CT molecular complexity index is 515. The zero-order valence-electron chi connectivity index (χ0n) is 11.5. The fourth-order valence-corrected chi connectivity index (χ4v) is 1.62. The number of carbonyl (C=O) groups is 1. The van der Waals surface area contributed by atoms with Gasteiger partial charge in [0.1, 0.15) is 11.6 Å². The summed E-state index contributed by atoms with van der Waals surface area (Å²) in [5, 5.41) is 12.1. The molecule has 0 aromatic heterocycles. The summed E-state index contributed by atoms with van der Waals surface area (Å²) in [6.45, 7) is 7.13. The van der Waals surface area contributed by atoms with E-state index in [2.05, 4.69) is 5.32 Å². The van der Waals surface area contributed by atoms with E-state index in [0.29, 0.717) is 16.3 Å². The zero-order chi connectivity index (χ0) is 14.6. The van der Waals surface area contributed by atoms with E-state index in [1.807, 2.05) is 26.8 Å². The van der Waals surface area contributed by atoms with E-state index in [9.17, 15) is 4.79 Å². The molecule has 1 N–H and O–H groups in total. The highest BCUT2D eigenvalue weighted by Gasteiger charge is 2.22. The van der Waals surface area contributed by atoms with E-state index in [0.717, 1.165) is 0 Å². The number of esters is 1. The molecule has 0 amide bonds. The number of benzene rings is 1. The number of anilines is 1. The fraction of sp³-hybridized carbons (Fsp3) is 0.429. The van der Waals surface area contributed by atoms with Gasteiger partial charge < -0.3 is 10.1 Å². The first-order valence-corrected chi connectivity index (χ1v) is 6.30. The standard InChI is InChI=1S/C14H17ClN2O2/c1-9(13(18)19-14(2,3)4)17-12-6-5-10(8-16)7-11(12)15/h5-7,9,17H,1-4H3. The van der Waals surface area contributed by atoms with Crippen LogP contribution in [0.5, 0.6) is 0 Å². The molecule has 102 valence electrons. The van der Waals surface area contributed by atoms with E-state index in [4.69, 9.17) is 21.6 Å². The van der Waals surface area contributed by atoms with Crippen molar-refractivity contribution >= 4 is 23.3 Å². The van der Waals surface area contributed by atoms with E-state index >= 15 is 0 Å². The average Bonchev–Trinajstić information content (AvgIpc) is 2.29. The maximum Gasteiger partial charge on any atom is 0.328 e. The van der Waals surface area contributed by atoms with Crippen LogP contribution in [0.3, 0.4) is 0 Å². The normalized spacial score (nSPS) is 12.4. The molecule has 1 rings (SSSR count). The van der Waals surface area contributed by atoms with Crippen LogP contribution in [0.2, 0.25) is 5.02 Å². The molecule has 0 spiro atoms. The van der Waals surface area contributed by atoms with Crippen LogP contribution in [0, 0.1) is 11.3 Å². The quantitative estimate of drug-likeness (QED) is 0.863. The molecule has 0 fully saturated rings. The summed E-state index contributed by atoms with van der Waals surface area (Å²) < 4.78 is 5.26. The van der Waals surface area contributed by atoms with Crippen LogP contribution in [0.1, 0.15) is 33.3 Å². The molecule has 0 aliphatic heterocycles. The molecule has 5 heteroatoms. The van der Waals surface area contributed by atoms with Crippen molar-refractivity contribution in [2.24, 2.45) is 0 Å². The maximum atomic E-state index is 11.8. The molecule has 0 bridgehead atoms. The summed E-state index contributed by atoms with van der Waals surface area (Å²) in [5.41, 5.74) is 0.543. The molecule has 0 radical (unpaired) electrons. The van der Waals surface area contributed by atoms with Crippen LogP contribution in [0.25, 0.3) is 0 Å². The Morgan fingerprint density at radius 1 is 1.47 bits per heavy atom. The van der Waals surface area contributed by atoms with Gasteiger partial charge in [-0.1, -0.05) is 11.6 Å². The van der Waals surface area contributed by atoms with Gasteiger partial charge in [-0.05, 0) is 45.9 Å². The minimum Gasteiger partial charge on any atom is -0.458 e. The molecule has 1 unspecified atom stereocenters. The Morgan fingerprint density at radius 3 is 2.58 bits per heavy atom. The van der Waals surface area contributed by atoms with E-state index in [1.54, 1.807) is 25.1 Å². The monoisotopic (exact) mass is 280 g/mol. The highest BCUT2D eigenvalue weighted by molar-refractivity contribution is 6.33. The minimum atomic E-state index is -0.526. The zero-order valence-corrected chi connectivity index (χ0v) is 12.2. The third-order valence-electron chi connectivity index (χ3n) is 2.23. The van der Waals surface area contributed by atoms with Crippen molar-refractivity contribution in [2.75, 3.05) is 5.32 Å². The summed E-state index contributed by atoms with van der Waals surface area (Å²) in [6.07, 6.45) is 0. The molecular formula is C14H17ClN2O2. The molecular weight excluding hydrogens is 264 g/mol. The van der Waals surface area contributed by atoms with Crippen LogP contribution < -0.4 is 5.32 Å². The number of ether oxygens (including phenoxy) is 1. The summed E-state index contributed by atoms with van der Waals surface area (Å²) in [4.78, 5) is 11.8. The Kier molecular flexibility index (Phi) is 4.79. The van der Waals surface area contributed by atoms with E-state index in [-0.39, 0.29) is 5.97 Å². The molecule has 1 aromatic carbocycles. The lowest BCUT2D eigenvalue weighted by molar-refractivity contribution is -0.155. The molecule has 0 aliphatic rings. The molecule has 1 aromatic rings. The summed E-state index contributed by atoms with van der Waals surface area (Å²) in [5.74, 6) is -0.354. The second-order valence-corrected chi connectivity index (χ2v) is 5.61. The van der Waals surface area contributed by atoms with Gasteiger partial charge in [-0.15, -0.1) is 0 Å². The largest absolute Gasteiger partial charge is 0.458 e. The maximum absolute atomic E-state index is 11.8. The van der Waals surface area contributed by atoms with Gasteiger partial charge in [0.2, 0.25) is 0 Å². The van der Waals surface area contributed by atoms with Crippen LogP contribution in [-0.4, -0.2) is 17.6 Å². The molecule has 0 heterocycles. The summed E-state index contributed by atoms with van der Waals surface area (Å²) >= 11 is 6.02. The Morgan fingerprint density at radius 2 is 2.11 bits per heavy atom. The molecule has 0 aliphatic carbocycles. The SMILES string of the molecule is CC(Nc1ccc(C#N)cc1Cl)C(=O)OC(C)(C)C. The number of rotatable bonds is 3. The van der Waals surface area contributed by atoms with Gasteiger partial charge in [0.25, 0.3) is 0 Å². The van der Waals surface area contributed by atoms with Crippen molar-refractivity contribution in [3.05, 3.63) is 28.8 Å². The third kappa shape index (κ3) is 4.80. The number of hydrogen-bond acceptors (Lipinski definition) is 4. The first-order chi connectivity index (χ1) is 8.73. The average molecular weight is 281 g/mol. The number of nitrogens with one attached hydrogen (secondary N) is 1. The molecule has 0 saturated heterocycles. The van der Waals surface area contributed by atoms with Gasteiger partial charge in [-0.2, -0.15) is 5.26 Å². The lowest BCUT2D eigenvalue weighted by Crippen LogP contribution is -2.34. The van der Waals surface area contributed by atoms with Crippen LogP contribution in [-0.2, 0) is 9.53 Å². The van der Waals surface area contributed by atoms with Gasteiger partial charge in [-0.3, -0.25) is 0 Å². The van der Waals surface area contributed by atoms with Crippen LogP contribution in [0.15, 0.2) is 18.2 Å². The van der Waals surface area contributed by atoms with E-state index in [1.165, 1.54) is 0 Å². The molecule has 4 nitrogen and oxygen atoms in total. The first kappa shape index (κ1) is 15.3. The van der Waals surface area contributed by atoms with Crippen molar-refractivity contribution in [3.8, 4) is 6.07 Å². The van der Waals surface area contributed by atoms with Gasteiger partial charge in [0.15, 0.2) is 0 Å². The van der Waals surface area contributed by atoms with E-state index < -0.39 is 11.6 Å². The third-order valence-corrected chi connectivity index (χ3v) is 2.54. The van der Waals surface area contributed by atoms with Crippen molar-refractivity contribution in [1.29, 1.82) is 5.26 Å². The van der Waals surface area contributed by atoms with Crippen LogP contribution in [0.4, 0.5) is 5.69 Å². The predicted molar refractivity (Wildman–Crippen MR) is 75.1 cm³/mol. The fourth-order valence-electron chi connectivity index (χ4n) is 1.38. The van der Waals surface area contributed by atoms with Crippen LogP contribution >= 0.6 is 11.6 Å². The van der Waals surface area contributed by atoms with Crippen molar-refractivity contribution in [3.63, 3.8) is 0 Å². The predicted octanol–water partition coefficient (Wildman–Crippen LogP) is 3.35. The lowest BCUT2D eigenvalue weighted by atomic mass is 10.2. The summed E-state index contributed by atoms with van der Waals surface area (Å²) in [7, 11) is 0. The Labute approximate surface area is 118 Å². The highest BCUT2D eigenvalue weighted by atomic mass is 35.5. The second kappa shape index (κ2) is 5.94. The minimum absolute atomic E-state index is 0.354. The van der Waals surface area contributed by atoms with Gasteiger partial charge in [0.05, 0.1) is 22.3 Å². The van der Waals surface area contributed by atoms with Crippen molar-refractivity contribution in [2.45, 2.75) is 39.3 Å². The van der Waals surface area contributed by atoms with Gasteiger partial charge in [0, 0.05) is 0 Å². The van der Waals surface area contributed by atoms with Crippen molar-refractivity contribution < 1.29 is 9.53 Å². The Balaban J connectivity index is 2.75. The second-order valence-electron chi connectivity index (χ2n) is 5.21. The molecule has 1 atom stereocenters. The van der Waals surface area contributed by atoms with Crippen molar-refractivity contribution in [1.82, 2.24) is 0 Å². The topological polar surface area (TPSA) is 62.1 Å². The number of nitriles is 1. The molecule has 0 saturated carbocycles. The molecule has 19 heavy (non-hydrogen) atoms. The summed E-state index contributed by atoms with van der Waals surface area (Å²) in [6, 6.07) is 6.33. The van der Waals surface area contributed by atoms with Gasteiger partial charge >= 0.3 is 5.97 Å². The first-order valence-electron chi connectivity index (χ1n) is 5.92. The highest BCUT2D eigenvalue weighted by Crippen LogP contribution is 2.24. The number of hydrogen-bond donors (Lipinski definition) is 1. The Hall–Kier alpha value is -1.73. The number of nitrogens with zero attached hydrogens (tertiary/aromatic N) is 1. The van der Waals surface area contributed by atoms with Gasteiger partial charge in [-0.25, -0.2) is 4.79 Å². The smallest absolute Gasteiger partial charge is 0.328 e. The number of halogens is 1. The number of carbonyl (C=O) groups excluding carboxylic acids is 1.